The molecule has 0 bridgehead atoms. The number of rotatable bonds is 6. The lowest BCUT2D eigenvalue weighted by Crippen LogP contribution is -2.36. The van der Waals surface area contributed by atoms with Gasteiger partial charge < -0.3 is 15.4 Å². The predicted octanol–water partition coefficient (Wildman–Crippen LogP) is 1.70. The Bertz CT molecular complexity index is 446. The van der Waals surface area contributed by atoms with Crippen LogP contribution in [-0.2, 0) is 14.3 Å². The molecule has 0 aliphatic rings. The summed E-state index contributed by atoms with van der Waals surface area (Å²) in [6.07, 6.45) is 0.778. The van der Waals surface area contributed by atoms with Gasteiger partial charge in [-0.15, -0.1) is 0 Å². The summed E-state index contributed by atoms with van der Waals surface area (Å²) < 4.78 is 18.0. The van der Waals surface area contributed by atoms with Gasteiger partial charge in [-0.3, -0.25) is 9.59 Å². The third-order valence-electron chi connectivity index (χ3n) is 2.37. The van der Waals surface area contributed by atoms with Crippen LogP contribution in [-0.4, -0.2) is 31.1 Å². The third kappa shape index (κ3) is 6.29. The van der Waals surface area contributed by atoms with E-state index in [0.29, 0.717) is 25.3 Å². The maximum absolute atomic E-state index is 12.7. The Morgan fingerprint density at radius 1 is 1.20 bits per heavy atom. The lowest BCUT2D eigenvalue weighted by molar-refractivity contribution is -0.136. The molecule has 0 unspecified atom stereocenters. The monoisotopic (exact) mass is 282 g/mol. The second-order valence-corrected chi connectivity index (χ2v) is 4.49. The molecule has 2 amide bonds. The molecular weight excluding hydrogens is 263 g/mol. The van der Waals surface area contributed by atoms with Crippen molar-refractivity contribution in [3.05, 3.63) is 30.1 Å². The van der Waals surface area contributed by atoms with Gasteiger partial charge in [-0.05, 0) is 44.5 Å². The summed E-state index contributed by atoms with van der Waals surface area (Å²) in [5.74, 6) is -1.90. The van der Waals surface area contributed by atoms with Crippen LogP contribution in [0.15, 0.2) is 24.3 Å². The third-order valence-corrected chi connectivity index (χ3v) is 2.37. The van der Waals surface area contributed by atoms with Crippen LogP contribution >= 0.6 is 0 Å². The van der Waals surface area contributed by atoms with Gasteiger partial charge in [0.05, 0.1) is 6.10 Å². The number of hydrogen-bond acceptors (Lipinski definition) is 3. The summed E-state index contributed by atoms with van der Waals surface area (Å²) in [6.45, 7) is 4.74. The fourth-order valence-corrected chi connectivity index (χ4v) is 1.39. The van der Waals surface area contributed by atoms with Gasteiger partial charge in [-0.1, -0.05) is 0 Å². The van der Waals surface area contributed by atoms with Crippen molar-refractivity contribution >= 4 is 17.5 Å². The summed E-state index contributed by atoms with van der Waals surface area (Å²) in [5, 5.41) is 4.86. The maximum Gasteiger partial charge on any atom is 0.313 e. The van der Waals surface area contributed by atoms with Crippen LogP contribution in [0, 0.1) is 5.82 Å². The smallest absolute Gasteiger partial charge is 0.313 e. The van der Waals surface area contributed by atoms with E-state index in [-0.39, 0.29) is 6.10 Å². The van der Waals surface area contributed by atoms with Crippen LogP contribution in [0.5, 0.6) is 0 Å². The van der Waals surface area contributed by atoms with Crippen LogP contribution in [0.4, 0.5) is 10.1 Å². The molecule has 1 aromatic rings. The molecule has 6 heteroatoms. The Labute approximate surface area is 117 Å². The van der Waals surface area contributed by atoms with Crippen molar-refractivity contribution in [1.29, 1.82) is 0 Å². The zero-order valence-electron chi connectivity index (χ0n) is 11.6. The first-order valence-electron chi connectivity index (χ1n) is 6.45. The lowest BCUT2D eigenvalue weighted by Gasteiger charge is -2.08. The average molecular weight is 282 g/mol. The van der Waals surface area contributed by atoms with E-state index in [0.717, 1.165) is 0 Å². The number of halogens is 1. The zero-order chi connectivity index (χ0) is 15.0. The summed E-state index contributed by atoms with van der Waals surface area (Å²) >= 11 is 0. The zero-order valence-corrected chi connectivity index (χ0v) is 11.6. The van der Waals surface area contributed by atoms with Crippen molar-refractivity contribution < 1.29 is 18.7 Å². The molecule has 2 N–H and O–H groups in total. The lowest BCUT2D eigenvalue weighted by atomic mass is 10.3. The Hall–Kier alpha value is -1.95. The Kier molecular flexibility index (Phi) is 6.66. The van der Waals surface area contributed by atoms with Gasteiger partial charge in [0.15, 0.2) is 0 Å². The van der Waals surface area contributed by atoms with E-state index in [1.165, 1.54) is 24.3 Å². The van der Waals surface area contributed by atoms with Crippen LogP contribution in [0.25, 0.3) is 0 Å². The van der Waals surface area contributed by atoms with Crippen molar-refractivity contribution in [3.63, 3.8) is 0 Å². The molecule has 5 nitrogen and oxygen atoms in total. The van der Waals surface area contributed by atoms with Gasteiger partial charge in [0.2, 0.25) is 0 Å². The molecule has 20 heavy (non-hydrogen) atoms. The van der Waals surface area contributed by atoms with Crippen molar-refractivity contribution in [2.45, 2.75) is 26.4 Å². The van der Waals surface area contributed by atoms with Gasteiger partial charge in [-0.2, -0.15) is 0 Å². The number of benzene rings is 1. The van der Waals surface area contributed by atoms with Crippen molar-refractivity contribution in [2.24, 2.45) is 0 Å². The first-order valence-corrected chi connectivity index (χ1v) is 6.45. The van der Waals surface area contributed by atoms with Crippen LogP contribution in [0.2, 0.25) is 0 Å². The van der Waals surface area contributed by atoms with Gasteiger partial charge in [0.1, 0.15) is 5.82 Å². The fraction of sp³-hybridized carbons (Fsp3) is 0.429. The normalized spacial score (nSPS) is 10.4. The number of ether oxygens (including phenoxy) is 1. The second kappa shape index (κ2) is 8.27. The highest BCUT2D eigenvalue weighted by Crippen LogP contribution is 2.07. The predicted molar refractivity (Wildman–Crippen MR) is 73.7 cm³/mol. The minimum absolute atomic E-state index is 0.146. The van der Waals surface area contributed by atoms with Crippen molar-refractivity contribution in [3.8, 4) is 0 Å². The number of carbonyl (C=O) groups excluding carboxylic acids is 2. The van der Waals surface area contributed by atoms with E-state index in [1.807, 2.05) is 13.8 Å². The highest BCUT2D eigenvalue weighted by Gasteiger charge is 2.12. The van der Waals surface area contributed by atoms with Crippen molar-refractivity contribution in [2.75, 3.05) is 18.5 Å². The maximum atomic E-state index is 12.7. The molecule has 0 heterocycles. The first-order chi connectivity index (χ1) is 9.49. The highest BCUT2D eigenvalue weighted by molar-refractivity contribution is 6.39. The largest absolute Gasteiger partial charge is 0.379 e. The van der Waals surface area contributed by atoms with E-state index in [2.05, 4.69) is 10.6 Å². The molecule has 0 radical (unpaired) electrons. The van der Waals surface area contributed by atoms with E-state index in [4.69, 9.17) is 4.74 Å². The van der Waals surface area contributed by atoms with E-state index >= 15 is 0 Å². The topological polar surface area (TPSA) is 67.4 Å². The van der Waals surface area contributed by atoms with Crippen LogP contribution in [0.1, 0.15) is 20.3 Å². The van der Waals surface area contributed by atoms with Gasteiger partial charge in [-0.25, -0.2) is 4.39 Å². The Morgan fingerprint density at radius 3 is 2.45 bits per heavy atom. The minimum atomic E-state index is -0.776. The molecule has 0 aromatic heterocycles. The average Bonchev–Trinajstić information content (AvgIpc) is 2.40. The second-order valence-electron chi connectivity index (χ2n) is 4.49. The van der Waals surface area contributed by atoms with Gasteiger partial charge >= 0.3 is 11.8 Å². The van der Waals surface area contributed by atoms with Gasteiger partial charge in [0, 0.05) is 18.8 Å². The number of hydrogen-bond donors (Lipinski definition) is 2. The van der Waals surface area contributed by atoms with Crippen LogP contribution < -0.4 is 10.6 Å². The number of nitrogens with one attached hydrogen (secondary N) is 2. The fourth-order valence-electron chi connectivity index (χ4n) is 1.39. The molecule has 1 aromatic carbocycles. The highest BCUT2D eigenvalue weighted by atomic mass is 19.1. The quantitative estimate of drug-likeness (QED) is 0.616. The summed E-state index contributed by atoms with van der Waals surface area (Å²) in [6, 6.07) is 5.18. The van der Waals surface area contributed by atoms with E-state index in [1.54, 1.807) is 0 Å². The number of anilines is 1. The SMILES string of the molecule is CC(C)OCCCNC(=O)C(=O)Nc1ccc(F)cc1. The van der Waals surface area contributed by atoms with Crippen molar-refractivity contribution in [1.82, 2.24) is 5.32 Å². The molecular formula is C14H19FN2O3. The van der Waals surface area contributed by atoms with E-state index < -0.39 is 17.6 Å². The minimum Gasteiger partial charge on any atom is -0.379 e. The molecule has 0 aliphatic heterocycles. The van der Waals surface area contributed by atoms with E-state index in [9.17, 15) is 14.0 Å². The first kappa shape index (κ1) is 16.1. The molecule has 0 spiro atoms. The summed E-state index contributed by atoms with van der Waals surface area (Å²) in [5.41, 5.74) is 0.370. The standard InChI is InChI=1S/C14H19FN2O3/c1-10(2)20-9-3-8-16-13(18)14(19)17-12-6-4-11(15)5-7-12/h4-7,10H,3,8-9H2,1-2H3,(H,16,18)(H,17,19). The molecule has 0 fully saturated rings. The Morgan fingerprint density at radius 2 is 1.85 bits per heavy atom. The molecule has 0 saturated heterocycles. The van der Waals surface area contributed by atoms with Gasteiger partial charge in [0.25, 0.3) is 0 Å². The molecule has 0 saturated carbocycles. The number of carbonyl (C=O) groups is 2. The molecule has 1 rings (SSSR count). The number of amides is 2. The molecule has 0 atom stereocenters. The Balaban J connectivity index is 2.25. The summed E-state index contributed by atoms with van der Waals surface area (Å²) in [7, 11) is 0. The summed E-state index contributed by atoms with van der Waals surface area (Å²) in [4.78, 5) is 23.0. The molecule has 110 valence electrons. The van der Waals surface area contributed by atoms with Crippen LogP contribution in [0.3, 0.4) is 0 Å². The molecule has 0 aliphatic carbocycles.